The van der Waals surface area contributed by atoms with E-state index in [0.29, 0.717) is 6.42 Å². The van der Waals surface area contributed by atoms with Gasteiger partial charge in [-0.05, 0) is 24.6 Å². The molecule has 0 aromatic heterocycles. The van der Waals surface area contributed by atoms with Gasteiger partial charge in [0.1, 0.15) is 0 Å². The van der Waals surface area contributed by atoms with Crippen molar-refractivity contribution in [3.05, 3.63) is 22.7 Å². The van der Waals surface area contributed by atoms with E-state index in [-0.39, 0.29) is 5.91 Å². The average Bonchev–Trinajstić information content (AvgIpc) is 2.35. The molecule has 1 aromatic rings. The van der Waals surface area contributed by atoms with Gasteiger partial charge in [0.25, 0.3) is 0 Å². The first-order valence-electron chi connectivity index (χ1n) is 6.49. The summed E-state index contributed by atoms with van der Waals surface area (Å²) in [5.74, 6) is -0.130. The predicted octanol–water partition coefficient (Wildman–Crippen LogP) is 2.97. The Labute approximate surface area is 123 Å². The summed E-state index contributed by atoms with van der Waals surface area (Å²) in [7, 11) is 3.88. The molecule has 1 amide bonds. The predicted molar refractivity (Wildman–Crippen MR) is 84.6 cm³/mol. The van der Waals surface area contributed by atoms with Crippen LogP contribution >= 0.6 is 15.9 Å². The number of hydrogen-bond donors (Lipinski definition) is 2. The first-order chi connectivity index (χ1) is 8.95. The van der Waals surface area contributed by atoms with Crippen LogP contribution in [-0.4, -0.2) is 26.0 Å². The lowest BCUT2D eigenvalue weighted by Gasteiger charge is -2.19. The van der Waals surface area contributed by atoms with E-state index in [1.807, 2.05) is 37.2 Å². The van der Waals surface area contributed by atoms with Crippen molar-refractivity contribution in [1.29, 1.82) is 0 Å². The van der Waals surface area contributed by atoms with E-state index in [1.165, 1.54) is 0 Å². The van der Waals surface area contributed by atoms with Gasteiger partial charge in [-0.15, -0.1) is 0 Å². The molecule has 0 aliphatic rings. The highest BCUT2D eigenvalue weighted by molar-refractivity contribution is 9.10. The highest BCUT2D eigenvalue weighted by atomic mass is 79.9. The molecule has 5 heteroatoms. The number of halogens is 1. The maximum atomic E-state index is 12.0. The summed E-state index contributed by atoms with van der Waals surface area (Å²) in [4.78, 5) is 14.0. The summed E-state index contributed by atoms with van der Waals surface area (Å²) in [5, 5.41) is 2.91. The number of nitrogens with one attached hydrogen (secondary N) is 1. The van der Waals surface area contributed by atoms with Gasteiger partial charge in [0.2, 0.25) is 5.91 Å². The minimum atomic E-state index is -0.450. The second-order valence-electron chi connectivity index (χ2n) is 4.79. The summed E-state index contributed by atoms with van der Waals surface area (Å²) >= 11 is 3.41. The molecule has 19 heavy (non-hydrogen) atoms. The van der Waals surface area contributed by atoms with Crippen molar-refractivity contribution in [2.75, 3.05) is 24.3 Å². The molecule has 106 valence electrons. The van der Waals surface area contributed by atoms with E-state index in [2.05, 4.69) is 28.2 Å². The third kappa shape index (κ3) is 4.84. The largest absolute Gasteiger partial charge is 0.376 e. The van der Waals surface area contributed by atoms with Crippen LogP contribution < -0.4 is 16.0 Å². The molecule has 1 atom stereocenters. The lowest BCUT2D eigenvalue weighted by atomic mass is 10.1. The number of nitrogens with zero attached hydrogens (tertiary/aromatic N) is 1. The molecule has 0 unspecified atom stereocenters. The van der Waals surface area contributed by atoms with Gasteiger partial charge in [0, 0.05) is 18.6 Å². The smallest absolute Gasteiger partial charge is 0.241 e. The Morgan fingerprint density at radius 1 is 1.47 bits per heavy atom. The average molecular weight is 328 g/mol. The van der Waals surface area contributed by atoms with Gasteiger partial charge in [-0.2, -0.15) is 0 Å². The number of nitrogens with two attached hydrogens (primary N) is 1. The van der Waals surface area contributed by atoms with E-state index in [9.17, 15) is 4.79 Å². The van der Waals surface area contributed by atoms with Crippen LogP contribution in [0.1, 0.15) is 26.2 Å². The summed E-state index contributed by atoms with van der Waals surface area (Å²) < 4.78 is 0.926. The molecule has 0 spiro atoms. The van der Waals surface area contributed by atoms with Crippen molar-refractivity contribution < 1.29 is 4.79 Å². The van der Waals surface area contributed by atoms with Crippen molar-refractivity contribution in [2.24, 2.45) is 5.73 Å². The normalized spacial score (nSPS) is 12.1. The lowest BCUT2D eigenvalue weighted by Crippen LogP contribution is -2.35. The van der Waals surface area contributed by atoms with E-state index < -0.39 is 6.04 Å². The maximum Gasteiger partial charge on any atom is 0.241 e. The fourth-order valence-corrected chi connectivity index (χ4v) is 2.14. The Morgan fingerprint density at radius 3 is 2.74 bits per heavy atom. The first-order valence-corrected chi connectivity index (χ1v) is 7.28. The molecule has 1 rings (SSSR count). The van der Waals surface area contributed by atoms with Crippen LogP contribution in [0, 0.1) is 0 Å². The molecule has 0 saturated heterocycles. The number of unbranched alkanes of at least 4 members (excludes halogenated alkanes) is 1. The fourth-order valence-electron chi connectivity index (χ4n) is 1.78. The third-order valence-electron chi connectivity index (χ3n) is 2.90. The lowest BCUT2D eigenvalue weighted by molar-refractivity contribution is -0.117. The quantitative estimate of drug-likeness (QED) is 0.844. The van der Waals surface area contributed by atoms with Crippen molar-refractivity contribution >= 4 is 33.2 Å². The number of anilines is 2. The number of rotatable bonds is 6. The Morgan fingerprint density at radius 2 is 2.16 bits per heavy atom. The van der Waals surface area contributed by atoms with E-state index in [1.54, 1.807) is 0 Å². The number of hydrogen-bond acceptors (Lipinski definition) is 3. The van der Waals surface area contributed by atoms with Crippen molar-refractivity contribution in [3.8, 4) is 0 Å². The van der Waals surface area contributed by atoms with Gasteiger partial charge in [0.05, 0.1) is 17.4 Å². The molecule has 0 aliphatic carbocycles. The van der Waals surface area contributed by atoms with Gasteiger partial charge in [-0.25, -0.2) is 0 Å². The number of benzene rings is 1. The molecule has 0 radical (unpaired) electrons. The number of carbonyl (C=O) groups excluding carboxylic acids is 1. The van der Waals surface area contributed by atoms with Crippen LogP contribution in [-0.2, 0) is 4.79 Å². The molecule has 4 nitrogen and oxygen atoms in total. The van der Waals surface area contributed by atoms with Crippen molar-refractivity contribution in [1.82, 2.24) is 0 Å². The van der Waals surface area contributed by atoms with Crippen molar-refractivity contribution in [2.45, 2.75) is 32.2 Å². The van der Waals surface area contributed by atoms with Crippen LogP contribution in [0.15, 0.2) is 22.7 Å². The van der Waals surface area contributed by atoms with Gasteiger partial charge in [0.15, 0.2) is 0 Å². The second-order valence-corrected chi connectivity index (χ2v) is 5.71. The topological polar surface area (TPSA) is 58.4 Å². The molecule has 0 bridgehead atoms. The monoisotopic (exact) mass is 327 g/mol. The highest BCUT2D eigenvalue weighted by Crippen LogP contribution is 2.28. The fraction of sp³-hybridized carbons (Fsp3) is 0.500. The molecular formula is C14H22BrN3O. The summed E-state index contributed by atoms with van der Waals surface area (Å²) in [6.45, 7) is 2.09. The molecule has 3 N–H and O–H groups in total. The zero-order valence-corrected chi connectivity index (χ0v) is 13.3. The number of amides is 1. The first kappa shape index (κ1) is 16.0. The number of carbonyl (C=O) groups is 1. The molecule has 0 saturated carbocycles. The van der Waals surface area contributed by atoms with Gasteiger partial charge >= 0.3 is 0 Å². The molecular weight excluding hydrogens is 306 g/mol. The summed E-state index contributed by atoms with van der Waals surface area (Å²) in [6, 6.07) is 5.34. The zero-order chi connectivity index (χ0) is 14.4. The molecule has 1 aromatic carbocycles. The van der Waals surface area contributed by atoms with Gasteiger partial charge < -0.3 is 16.0 Å². The Balaban J connectivity index is 2.80. The summed E-state index contributed by atoms with van der Waals surface area (Å²) in [6.07, 6.45) is 2.72. The van der Waals surface area contributed by atoms with Crippen LogP contribution in [0.2, 0.25) is 0 Å². The van der Waals surface area contributed by atoms with Gasteiger partial charge in [-0.3, -0.25) is 4.79 Å². The molecule has 0 fully saturated rings. The van der Waals surface area contributed by atoms with E-state index >= 15 is 0 Å². The Hall–Kier alpha value is -1.07. The minimum absolute atomic E-state index is 0.130. The second kappa shape index (κ2) is 7.50. The standard InChI is InChI=1S/C14H22BrN3O/c1-4-5-6-11(16)14(19)17-12-9-10(15)7-8-13(12)18(2)3/h7-9,11H,4-6,16H2,1-3H3,(H,17,19)/t11-/m0/s1. The van der Waals surface area contributed by atoms with Crippen LogP contribution in [0.5, 0.6) is 0 Å². The SMILES string of the molecule is CCCC[C@H](N)C(=O)Nc1cc(Br)ccc1N(C)C. The zero-order valence-electron chi connectivity index (χ0n) is 11.7. The minimum Gasteiger partial charge on any atom is -0.376 e. The van der Waals surface area contributed by atoms with Crippen LogP contribution in [0.25, 0.3) is 0 Å². The highest BCUT2D eigenvalue weighted by Gasteiger charge is 2.15. The third-order valence-corrected chi connectivity index (χ3v) is 3.40. The Bertz CT molecular complexity index is 435. The summed E-state index contributed by atoms with van der Waals surface area (Å²) in [5.41, 5.74) is 7.61. The molecule has 0 aliphatic heterocycles. The van der Waals surface area contributed by atoms with Crippen LogP contribution in [0.3, 0.4) is 0 Å². The Kier molecular flexibility index (Phi) is 6.31. The van der Waals surface area contributed by atoms with E-state index in [0.717, 1.165) is 28.7 Å². The molecule has 0 heterocycles. The van der Waals surface area contributed by atoms with Crippen LogP contribution in [0.4, 0.5) is 11.4 Å². The van der Waals surface area contributed by atoms with Gasteiger partial charge in [-0.1, -0.05) is 35.7 Å². The van der Waals surface area contributed by atoms with E-state index in [4.69, 9.17) is 5.73 Å². The maximum absolute atomic E-state index is 12.0. The van der Waals surface area contributed by atoms with Crippen molar-refractivity contribution in [3.63, 3.8) is 0 Å².